The average Bonchev–Trinajstić information content (AvgIpc) is 3.07. The molecule has 0 amide bonds. The van der Waals surface area contributed by atoms with E-state index in [-0.39, 0.29) is 11.9 Å². The smallest absolute Gasteiger partial charge is 0.313 e. The second kappa shape index (κ2) is 4.59. The molecule has 4 heteroatoms. The lowest BCUT2D eigenvalue weighted by Crippen LogP contribution is -2.31. The molecule has 2 heterocycles. The number of hydrogen-bond donors (Lipinski definition) is 0. The number of allylic oxidation sites excluding steroid dienone is 1. The number of fused-ring (bicyclic) bond motifs is 2. The summed E-state index contributed by atoms with van der Waals surface area (Å²) in [6.45, 7) is 4.64. The van der Waals surface area contributed by atoms with Gasteiger partial charge in [-0.15, -0.1) is 11.3 Å². The molecule has 2 unspecified atom stereocenters. The van der Waals surface area contributed by atoms with Crippen molar-refractivity contribution < 1.29 is 9.53 Å². The first-order valence-corrected chi connectivity index (χ1v) is 8.34. The molecular formula is C17H15ClO2S. The van der Waals surface area contributed by atoms with Gasteiger partial charge in [-0.1, -0.05) is 35.9 Å². The largest absolute Gasteiger partial charge is 0.465 e. The van der Waals surface area contributed by atoms with Gasteiger partial charge in [0, 0.05) is 5.92 Å². The Balaban J connectivity index is 1.78. The van der Waals surface area contributed by atoms with Gasteiger partial charge in [-0.05, 0) is 41.7 Å². The topological polar surface area (TPSA) is 26.3 Å². The lowest BCUT2D eigenvalue weighted by atomic mass is 9.75. The first-order valence-electron chi connectivity index (χ1n) is 7.08. The summed E-state index contributed by atoms with van der Waals surface area (Å²) in [6, 6.07) is 5.96. The number of carbonyl (C=O) groups excluding carboxylic acids is 1. The van der Waals surface area contributed by atoms with Gasteiger partial charge < -0.3 is 4.74 Å². The van der Waals surface area contributed by atoms with Crippen LogP contribution in [-0.4, -0.2) is 12.6 Å². The van der Waals surface area contributed by atoms with E-state index in [0.717, 1.165) is 34.4 Å². The maximum absolute atomic E-state index is 12.4. The summed E-state index contributed by atoms with van der Waals surface area (Å²) in [5, 5.41) is 4.08. The van der Waals surface area contributed by atoms with Crippen LogP contribution in [-0.2, 0) is 16.0 Å². The Kier molecular flexibility index (Phi) is 2.92. The van der Waals surface area contributed by atoms with Crippen LogP contribution in [0.25, 0.3) is 10.1 Å². The molecule has 1 aliphatic carbocycles. The zero-order valence-corrected chi connectivity index (χ0v) is 13.1. The average molecular weight is 319 g/mol. The Labute approximate surface area is 132 Å². The van der Waals surface area contributed by atoms with Crippen molar-refractivity contribution in [2.75, 3.05) is 6.61 Å². The van der Waals surface area contributed by atoms with Crippen molar-refractivity contribution in [3.8, 4) is 0 Å². The van der Waals surface area contributed by atoms with Crippen LogP contribution in [0.2, 0.25) is 5.02 Å². The Hall–Kier alpha value is -1.32. The highest BCUT2D eigenvalue weighted by atomic mass is 35.5. The second-order valence-electron chi connectivity index (χ2n) is 6.14. The zero-order valence-electron chi connectivity index (χ0n) is 11.5. The van der Waals surface area contributed by atoms with Crippen LogP contribution in [0.5, 0.6) is 0 Å². The van der Waals surface area contributed by atoms with Gasteiger partial charge in [-0.2, -0.15) is 0 Å². The third kappa shape index (κ3) is 1.87. The minimum atomic E-state index is -0.395. The molecule has 1 aromatic carbocycles. The summed E-state index contributed by atoms with van der Waals surface area (Å²) < 4.78 is 6.46. The molecule has 2 fully saturated rings. The first-order chi connectivity index (χ1) is 10.1. The molecule has 1 saturated heterocycles. The molecule has 2 aromatic rings. The Morgan fingerprint density at radius 3 is 3.19 bits per heavy atom. The molecule has 2 atom stereocenters. The van der Waals surface area contributed by atoms with Crippen molar-refractivity contribution in [2.24, 2.45) is 11.3 Å². The van der Waals surface area contributed by atoms with Gasteiger partial charge in [-0.3, -0.25) is 4.79 Å². The van der Waals surface area contributed by atoms with Crippen LogP contribution in [0.15, 0.2) is 35.7 Å². The molecule has 4 rings (SSSR count). The van der Waals surface area contributed by atoms with Gasteiger partial charge in [0.25, 0.3) is 0 Å². The number of esters is 1. The van der Waals surface area contributed by atoms with E-state index < -0.39 is 5.41 Å². The lowest BCUT2D eigenvalue weighted by Gasteiger charge is -2.23. The summed E-state index contributed by atoms with van der Waals surface area (Å²) in [5.41, 5.74) is 1.98. The number of thiophene rings is 1. The third-order valence-corrected chi connectivity index (χ3v) is 6.35. The van der Waals surface area contributed by atoms with E-state index in [0.29, 0.717) is 6.61 Å². The summed E-state index contributed by atoms with van der Waals surface area (Å²) in [6.07, 6.45) is 2.40. The normalized spacial score (nSPS) is 28.1. The summed E-state index contributed by atoms with van der Waals surface area (Å²) in [4.78, 5) is 12.4. The fourth-order valence-electron chi connectivity index (χ4n) is 3.81. The molecule has 1 aromatic heterocycles. The van der Waals surface area contributed by atoms with Crippen LogP contribution in [0.1, 0.15) is 18.4 Å². The van der Waals surface area contributed by atoms with Crippen molar-refractivity contribution in [2.45, 2.75) is 19.3 Å². The van der Waals surface area contributed by atoms with Crippen LogP contribution < -0.4 is 0 Å². The molecule has 21 heavy (non-hydrogen) atoms. The minimum Gasteiger partial charge on any atom is -0.465 e. The maximum Gasteiger partial charge on any atom is 0.313 e. The van der Waals surface area contributed by atoms with E-state index in [2.05, 4.69) is 18.0 Å². The highest BCUT2D eigenvalue weighted by Gasteiger charge is 2.56. The van der Waals surface area contributed by atoms with Crippen molar-refractivity contribution >= 4 is 39.0 Å². The van der Waals surface area contributed by atoms with Crippen LogP contribution in [0.3, 0.4) is 0 Å². The first kappa shape index (κ1) is 13.4. The number of halogens is 1. The third-order valence-electron chi connectivity index (χ3n) is 4.84. The molecule has 1 saturated carbocycles. The number of carbonyl (C=O) groups is 1. The Bertz CT molecular complexity index is 763. The van der Waals surface area contributed by atoms with Gasteiger partial charge in [0.1, 0.15) is 0 Å². The van der Waals surface area contributed by atoms with Gasteiger partial charge >= 0.3 is 5.97 Å². The van der Waals surface area contributed by atoms with E-state index >= 15 is 0 Å². The molecular weight excluding hydrogens is 304 g/mol. The number of hydrogen-bond acceptors (Lipinski definition) is 3. The van der Waals surface area contributed by atoms with Gasteiger partial charge in [0.2, 0.25) is 0 Å². The predicted octanol–water partition coefficient (Wildman–Crippen LogP) is 4.61. The highest BCUT2D eigenvalue weighted by molar-refractivity contribution is 7.18. The summed E-state index contributed by atoms with van der Waals surface area (Å²) in [7, 11) is 0. The second-order valence-corrected chi connectivity index (χ2v) is 7.42. The van der Waals surface area contributed by atoms with E-state index in [1.54, 1.807) is 11.3 Å². The lowest BCUT2D eigenvalue weighted by molar-refractivity contribution is -0.146. The minimum absolute atomic E-state index is 0.0486. The summed E-state index contributed by atoms with van der Waals surface area (Å²) >= 11 is 7.90. The van der Waals surface area contributed by atoms with E-state index in [4.69, 9.17) is 16.3 Å². The van der Waals surface area contributed by atoms with E-state index in [1.807, 2.05) is 12.1 Å². The van der Waals surface area contributed by atoms with Crippen molar-refractivity contribution in [3.63, 3.8) is 0 Å². The monoisotopic (exact) mass is 318 g/mol. The number of cyclic esters (lactones) is 1. The number of rotatable bonds is 2. The zero-order chi connectivity index (χ0) is 14.6. The van der Waals surface area contributed by atoms with Gasteiger partial charge in [0.15, 0.2) is 0 Å². The van der Waals surface area contributed by atoms with Crippen molar-refractivity contribution in [1.29, 1.82) is 0 Å². The van der Waals surface area contributed by atoms with Gasteiger partial charge in [-0.25, -0.2) is 0 Å². The molecule has 108 valence electrons. The molecule has 0 radical (unpaired) electrons. The van der Waals surface area contributed by atoms with Crippen LogP contribution in [0.4, 0.5) is 0 Å². The van der Waals surface area contributed by atoms with Crippen LogP contribution >= 0.6 is 22.9 Å². The number of ether oxygens (including phenoxy) is 1. The molecule has 0 spiro atoms. The SMILES string of the molecule is C=C1CC2COC(=O)C2(Cc2csc3c(Cl)cccc23)C1. The fraction of sp³-hybridized carbons (Fsp3) is 0.353. The van der Waals surface area contributed by atoms with E-state index in [9.17, 15) is 4.79 Å². The highest BCUT2D eigenvalue weighted by Crippen LogP contribution is 2.53. The summed E-state index contributed by atoms with van der Waals surface area (Å²) in [5.74, 6) is 0.235. The Morgan fingerprint density at radius 2 is 2.33 bits per heavy atom. The predicted molar refractivity (Wildman–Crippen MR) is 85.8 cm³/mol. The number of benzene rings is 1. The fourth-order valence-corrected chi connectivity index (χ4v) is 5.10. The van der Waals surface area contributed by atoms with Crippen molar-refractivity contribution in [3.05, 3.63) is 46.3 Å². The standard InChI is InChI=1S/C17H15ClO2S/c1-10-5-12-8-20-16(19)17(12,6-10)7-11-9-21-15-13(11)3-2-4-14(15)18/h2-4,9,12H,1,5-8H2. The molecule has 1 aliphatic heterocycles. The van der Waals surface area contributed by atoms with Gasteiger partial charge in [0.05, 0.1) is 21.7 Å². The molecule has 0 N–H and O–H groups in total. The van der Waals surface area contributed by atoms with Crippen LogP contribution in [0, 0.1) is 11.3 Å². The van der Waals surface area contributed by atoms with Crippen molar-refractivity contribution in [1.82, 2.24) is 0 Å². The molecule has 2 nitrogen and oxygen atoms in total. The quantitative estimate of drug-likeness (QED) is 0.597. The maximum atomic E-state index is 12.4. The Morgan fingerprint density at radius 1 is 1.48 bits per heavy atom. The molecule has 0 bridgehead atoms. The van der Waals surface area contributed by atoms with E-state index in [1.165, 1.54) is 11.1 Å². The molecule has 2 aliphatic rings.